The van der Waals surface area contributed by atoms with Crippen molar-refractivity contribution in [3.05, 3.63) is 23.8 Å². The highest BCUT2D eigenvalue weighted by Gasteiger charge is 2.52. The lowest BCUT2D eigenvalue weighted by molar-refractivity contribution is -0.0540. The first-order valence-electron chi connectivity index (χ1n) is 8.92. The van der Waals surface area contributed by atoms with Crippen LogP contribution in [0.4, 0.5) is 0 Å². The van der Waals surface area contributed by atoms with E-state index in [1.165, 1.54) is 31.3 Å². The average molecular weight is 306 g/mol. The molecule has 2 fully saturated rings. The standard InChI is InChI=1S/C20H34O2/c1-15-6-9-18-19(2,3)11-5-12-20(18,4)17(15)8-7-16(14-22)10-13-21/h10,17-18,21-22H,1,5-9,11-14H2,2-4H3/b16-10-/t17-,18-,20+/m1/s1. The molecule has 2 rings (SSSR count). The molecule has 22 heavy (non-hydrogen) atoms. The zero-order chi connectivity index (χ0) is 16.4. The molecule has 0 saturated heterocycles. The van der Waals surface area contributed by atoms with E-state index in [0.717, 1.165) is 30.8 Å². The summed E-state index contributed by atoms with van der Waals surface area (Å²) in [5, 5.41) is 18.5. The van der Waals surface area contributed by atoms with Gasteiger partial charge < -0.3 is 10.2 Å². The second-order valence-electron chi connectivity index (χ2n) is 8.39. The van der Waals surface area contributed by atoms with Gasteiger partial charge in [-0.25, -0.2) is 0 Å². The Labute approximate surface area is 136 Å². The highest BCUT2D eigenvalue weighted by molar-refractivity contribution is 5.17. The van der Waals surface area contributed by atoms with Crippen LogP contribution in [-0.2, 0) is 0 Å². The first kappa shape index (κ1) is 17.7. The molecule has 0 amide bonds. The summed E-state index contributed by atoms with van der Waals surface area (Å²) in [4.78, 5) is 0. The highest BCUT2D eigenvalue weighted by atomic mass is 16.3. The Balaban J connectivity index is 2.17. The van der Waals surface area contributed by atoms with E-state index in [4.69, 9.17) is 5.11 Å². The summed E-state index contributed by atoms with van der Waals surface area (Å²) in [5.74, 6) is 1.34. The molecule has 0 heterocycles. The Morgan fingerprint density at radius 3 is 2.64 bits per heavy atom. The van der Waals surface area contributed by atoms with Crippen molar-refractivity contribution in [3.63, 3.8) is 0 Å². The van der Waals surface area contributed by atoms with Crippen molar-refractivity contribution in [1.82, 2.24) is 0 Å². The number of allylic oxidation sites excluding steroid dienone is 1. The van der Waals surface area contributed by atoms with E-state index in [1.807, 2.05) is 0 Å². The molecule has 0 spiro atoms. The molecular formula is C20H34O2. The molecule has 2 aliphatic rings. The van der Waals surface area contributed by atoms with Gasteiger partial charge in [0.15, 0.2) is 0 Å². The summed E-state index contributed by atoms with van der Waals surface area (Å²) in [5.41, 5.74) is 3.18. The fourth-order valence-electron chi connectivity index (χ4n) is 5.51. The first-order valence-corrected chi connectivity index (χ1v) is 8.92. The van der Waals surface area contributed by atoms with Crippen molar-refractivity contribution in [2.75, 3.05) is 13.2 Å². The summed E-state index contributed by atoms with van der Waals surface area (Å²) >= 11 is 0. The maximum Gasteiger partial charge on any atom is 0.0642 e. The first-order chi connectivity index (χ1) is 10.3. The molecule has 2 aliphatic carbocycles. The Bertz CT molecular complexity index is 435. The molecule has 0 radical (unpaired) electrons. The molecule has 0 aromatic heterocycles. The van der Waals surface area contributed by atoms with Gasteiger partial charge in [0.05, 0.1) is 13.2 Å². The predicted molar refractivity (Wildman–Crippen MR) is 92.6 cm³/mol. The second kappa shape index (κ2) is 6.88. The molecule has 0 aromatic rings. The molecule has 2 nitrogen and oxygen atoms in total. The maximum absolute atomic E-state index is 9.43. The van der Waals surface area contributed by atoms with Crippen LogP contribution in [0, 0.1) is 22.7 Å². The predicted octanol–water partition coefficient (Wildman–Crippen LogP) is 4.48. The number of rotatable bonds is 5. The Hall–Kier alpha value is -0.600. The van der Waals surface area contributed by atoms with E-state index in [9.17, 15) is 5.11 Å². The van der Waals surface area contributed by atoms with E-state index in [2.05, 4.69) is 27.4 Å². The van der Waals surface area contributed by atoms with Crippen LogP contribution in [0.2, 0.25) is 0 Å². The summed E-state index contributed by atoms with van der Waals surface area (Å²) in [6.07, 6.45) is 10.1. The average Bonchev–Trinajstić information content (AvgIpc) is 2.44. The lowest BCUT2D eigenvalue weighted by Crippen LogP contribution is -2.49. The summed E-state index contributed by atoms with van der Waals surface area (Å²) < 4.78 is 0. The van der Waals surface area contributed by atoms with Crippen LogP contribution < -0.4 is 0 Å². The van der Waals surface area contributed by atoms with Gasteiger partial charge in [0.2, 0.25) is 0 Å². The van der Waals surface area contributed by atoms with E-state index >= 15 is 0 Å². The van der Waals surface area contributed by atoms with Gasteiger partial charge in [-0.15, -0.1) is 0 Å². The van der Waals surface area contributed by atoms with Crippen LogP contribution in [0.1, 0.15) is 65.7 Å². The lowest BCUT2D eigenvalue weighted by Gasteiger charge is -2.58. The van der Waals surface area contributed by atoms with Crippen LogP contribution in [0.25, 0.3) is 0 Å². The molecule has 2 N–H and O–H groups in total. The maximum atomic E-state index is 9.43. The number of hydrogen-bond donors (Lipinski definition) is 2. The van der Waals surface area contributed by atoms with Crippen molar-refractivity contribution in [1.29, 1.82) is 0 Å². The largest absolute Gasteiger partial charge is 0.392 e. The minimum atomic E-state index is 0.0223. The molecule has 126 valence electrons. The van der Waals surface area contributed by atoms with Crippen LogP contribution >= 0.6 is 0 Å². The zero-order valence-electron chi connectivity index (χ0n) is 14.7. The lowest BCUT2D eigenvalue weighted by atomic mass is 9.47. The number of hydrogen-bond acceptors (Lipinski definition) is 2. The van der Waals surface area contributed by atoms with Gasteiger partial charge in [-0.1, -0.05) is 45.4 Å². The second-order valence-corrected chi connectivity index (χ2v) is 8.39. The van der Waals surface area contributed by atoms with Crippen LogP contribution in [0.3, 0.4) is 0 Å². The topological polar surface area (TPSA) is 40.5 Å². The zero-order valence-corrected chi connectivity index (χ0v) is 14.7. The van der Waals surface area contributed by atoms with Gasteiger partial charge in [0.25, 0.3) is 0 Å². The van der Waals surface area contributed by atoms with Gasteiger partial charge in [-0.3, -0.25) is 0 Å². The fraction of sp³-hybridized carbons (Fsp3) is 0.800. The smallest absolute Gasteiger partial charge is 0.0642 e. The van der Waals surface area contributed by atoms with Crippen molar-refractivity contribution < 1.29 is 10.2 Å². The Morgan fingerprint density at radius 1 is 1.27 bits per heavy atom. The summed E-state index contributed by atoms with van der Waals surface area (Å²) in [6, 6.07) is 0. The van der Waals surface area contributed by atoms with Crippen LogP contribution in [-0.4, -0.2) is 23.4 Å². The van der Waals surface area contributed by atoms with Gasteiger partial charge >= 0.3 is 0 Å². The third kappa shape index (κ3) is 3.33. The number of aliphatic hydroxyl groups is 2. The quantitative estimate of drug-likeness (QED) is 0.735. The third-order valence-electron chi connectivity index (χ3n) is 6.66. The molecule has 2 heteroatoms. The van der Waals surface area contributed by atoms with E-state index < -0.39 is 0 Å². The van der Waals surface area contributed by atoms with Crippen molar-refractivity contribution in [2.45, 2.75) is 65.7 Å². The monoisotopic (exact) mass is 306 g/mol. The number of fused-ring (bicyclic) bond motifs is 1. The van der Waals surface area contributed by atoms with Gasteiger partial charge in [0.1, 0.15) is 0 Å². The SMILES string of the molecule is C=C1CC[C@@H]2C(C)(C)CCC[C@@]2(C)[C@@H]1CC/C(=C/CO)CO. The molecule has 0 aliphatic heterocycles. The summed E-state index contributed by atoms with van der Waals surface area (Å²) in [6.45, 7) is 11.9. The number of aliphatic hydroxyl groups excluding tert-OH is 2. The van der Waals surface area contributed by atoms with E-state index in [-0.39, 0.29) is 13.2 Å². The van der Waals surface area contributed by atoms with E-state index in [1.54, 1.807) is 6.08 Å². The Kier molecular flexibility index (Phi) is 5.55. The molecule has 0 unspecified atom stereocenters. The molecule has 3 atom stereocenters. The summed E-state index contributed by atoms with van der Waals surface area (Å²) in [7, 11) is 0. The normalized spacial score (nSPS) is 35.3. The third-order valence-corrected chi connectivity index (χ3v) is 6.66. The minimum Gasteiger partial charge on any atom is -0.392 e. The fourth-order valence-corrected chi connectivity index (χ4v) is 5.51. The van der Waals surface area contributed by atoms with Gasteiger partial charge in [-0.2, -0.15) is 0 Å². The molecule has 2 saturated carbocycles. The van der Waals surface area contributed by atoms with Gasteiger partial charge in [-0.05, 0) is 66.8 Å². The van der Waals surface area contributed by atoms with E-state index in [0.29, 0.717) is 16.7 Å². The molecular weight excluding hydrogens is 272 g/mol. The Morgan fingerprint density at radius 2 is 2.00 bits per heavy atom. The van der Waals surface area contributed by atoms with Crippen LogP contribution in [0.5, 0.6) is 0 Å². The van der Waals surface area contributed by atoms with Gasteiger partial charge in [0, 0.05) is 0 Å². The van der Waals surface area contributed by atoms with Crippen molar-refractivity contribution in [3.8, 4) is 0 Å². The minimum absolute atomic E-state index is 0.0223. The highest BCUT2D eigenvalue weighted by Crippen LogP contribution is 2.61. The van der Waals surface area contributed by atoms with Crippen molar-refractivity contribution in [2.24, 2.45) is 22.7 Å². The molecule has 0 aromatic carbocycles. The molecule has 0 bridgehead atoms. The van der Waals surface area contributed by atoms with Crippen LogP contribution in [0.15, 0.2) is 23.8 Å². The van der Waals surface area contributed by atoms with Crippen molar-refractivity contribution >= 4 is 0 Å².